The molecule has 132 valence electrons. The van der Waals surface area contributed by atoms with Gasteiger partial charge in [-0.1, -0.05) is 17.7 Å². The summed E-state index contributed by atoms with van der Waals surface area (Å²) in [6, 6.07) is 5.64. The third-order valence-corrected chi connectivity index (χ3v) is 6.32. The van der Waals surface area contributed by atoms with E-state index < -0.39 is 0 Å². The van der Waals surface area contributed by atoms with Crippen LogP contribution in [0, 0.1) is 0 Å². The fourth-order valence-electron chi connectivity index (χ4n) is 2.50. The van der Waals surface area contributed by atoms with Crippen LogP contribution in [0.25, 0.3) is 21.4 Å². The zero-order chi connectivity index (χ0) is 18.3. The number of Topliss-reactive ketones (excluding diaryl/α,β-unsaturated/α-hetero) is 1. The number of carbonyl (C=O) groups excluding carboxylic acids is 1. The molecule has 4 rings (SSSR count). The highest BCUT2D eigenvalue weighted by Crippen LogP contribution is 2.38. The minimum absolute atomic E-state index is 0.0941. The monoisotopic (exact) mass is 404 g/mol. The van der Waals surface area contributed by atoms with Crippen LogP contribution in [0.3, 0.4) is 0 Å². The lowest BCUT2D eigenvalue weighted by Crippen LogP contribution is -2.05. The van der Waals surface area contributed by atoms with Gasteiger partial charge >= 0.3 is 0 Å². The van der Waals surface area contributed by atoms with Gasteiger partial charge in [0.1, 0.15) is 12.1 Å². The second-order valence-electron chi connectivity index (χ2n) is 5.60. The maximum absolute atomic E-state index is 11.4. The van der Waals surface area contributed by atoms with E-state index in [1.165, 1.54) is 29.4 Å². The van der Waals surface area contributed by atoms with Crippen molar-refractivity contribution in [3.63, 3.8) is 0 Å². The minimum atomic E-state index is 0.0941. The molecule has 0 atom stereocenters. The molecule has 0 amide bonds. The summed E-state index contributed by atoms with van der Waals surface area (Å²) < 4.78 is 3.62. The number of ketones is 1. The van der Waals surface area contributed by atoms with Gasteiger partial charge in [-0.05, 0) is 30.8 Å². The lowest BCUT2D eigenvalue weighted by atomic mass is 10.3. The van der Waals surface area contributed by atoms with E-state index >= 15 is 0 Å². The normalized spacial score (nSPS) is 11.5. The van der Waals surface area contributed by atoms with Gasteiger partial charge in [-0.15, -0.1) is 11.3 Å². The molecule has 3 heterocycles. The molecule has 0 fully saturated rings. The first-order valence-electron chi connectivity index (χ1n) is 7.72. The highest BCUT2D eigenvalue weighted by atomic mass is 35.5. The van der Waals surface area contributed by atoms with Gasteiger partial charge in [0.25, 0.3) is 0 Å². The maximum Gasteiger partial charge on any atom is 0.177 e. The van der Waals surface area contributed by atoms with Gasteiger partial charge in [0.15, 0.2) is 26.5 Å². The number of aryl methyl sites for hydroxylation is 1. The number of nitrogens with two attached hydrogens (primary N) is 1. The number of aromatic nitrogens is 5. The molecule has 3 aromatic heterocycles. The predicted molar refractivity (Wildman–Crippen MR) is 104 cm³/mol. The third-order valence-electron chi connectivity index (χ3n) is 3.74. The number of hydrogen-bond donors (Lipinski definition) is 1. The van der Waals surface area contributed by atoms with Crippen molar-refractivity contribution in [3.8, 4) is 0 Å². The molecule has 1 aromatic carbocycles. The molecule has 2 N–H and O–H groups in total. The Morgan fingerprint density at radius 2 is 2.19 bits per heavy atom. The average Bonchev–Trinajstić information content (AvgIpc) is 3.16. The molecule has 0 bridgehead atoms. The van der Waals surface area contributed by atoms with Gasteiger partial charge in [0.05, 0.1) is 15.2 Å². The Labute approximate surface area is 161 Å². The molecule has 0 saturated carbocycles. The fourth-order valence-corrected chi connectivity index (χ4v) is 4.85. The minimum Gasteiger partial charge on any atom is -0.382 e. The highest BCUT2D eigenvalue weighted by molar-refractivity contribution is 8.01. The van der Waals surface area contributed by atoms with Crippen molar-refractivity contribution < 1.29 is 4.79 Å². The number of rotatable bonds is 5. The summed E-state index contributed by atoms with van der Waals surface area (Å²) in [5.41, 5.74) is 7.92. The van der Waals surface area contributed by atoms with E-state index in [4.69, 9.17) is 17.3 Å². The number of fused-ring (bicyclic) bond motifs is 2. The molecular weight excluding hydrogens is 392 g/mol. The van der Waals surface area contributed by atoms with Gasteiger partial charge in [0, 0.05) is 13.0 Å². The molecule has 0 radical (unpaired) electrons. The summed E-state index contributed by atoms with van der Waals surface area (Å²) in [5.74, 6) is 0.405. The zero-order valence-electron chi connectivity index (χ0n) is 13.6. The number of halogens is 1. The first-order valence-corrected chi connectivity index (χ1v) is 9.73. The van der Waals surface area contributed by atoms with Crippen molar-refractivity contribution >= 4 is 67.7 Å². The first-order chi connectivity index (χ1) is 12.5. The molecule has 0 saturated heterocycles. The molecule has 0 aliphatic heterocycles. The molecule has 0 unspecified atom stereocenters. The van der Waals surface area contributed by atoms with Gasteiger partial charge in [-0.3, -0.25) is 4.79 Å². The average molecular weight is 405 g/mol. The van der Waals surface area contributed by atoms with E-state index in [1.807, 2.05) is 22.8 Å². The van der Waals surface area contributed by atoms with Crippen LogP contribution in [-0.2, 0) is 11.3 Å². The Morgan fingerprint density at radius 1 is 1.35 bits per heavy atom. The van der Waals surface area contributed by atoms with Gasteiger partial charge in [-0.2, -0.15) is 0 Å². The van der Waals surface area contributed by atoms with E-state index in [0.717, 1.165) is 14.6 Å². The summed E-state index contributed by atoms with van der Waals surface area (Å²) >= 11 is 9.14. The van der Waals surface area contributed by atoms with E-state index in [2.05, 4.69) is 19.9 Å². The number of benzene rings is 1. The van der Waals surface area contributed by atoms with Crippen molar-refractivity contribution in [1.29, 1.82) is 0 Å². The zero-order valence-corrected chi connectivity index (χ0v) is 16.0. The standard InChI is InChI=1S/C16H13ClN6OS2/c1-8(24)5-6-23-14-11(13(18)19-7-20-14)22-15(23)26-16-21-10-4-2-3-9(17)12(10)25-16/h2-4,7H,5-6H2,1H3,(H2,18,19,20). The third kappa shape index (κ3) is 3.13. The van der Waals surface area contributed by atoms with Crippen LogP contribution in [0.1, 0.15) is 13.3 Å². The molecule has 0 aliphatic rings. The Hall–Kier alpha value is -2.23. The molecule has 0 spiro atoms. The summed E-state index contributed by atoms with van der Waals surface area (Å²) in [6.07, 6.45) is 1.78. The van der Waals surface area contributed by atoms with Crippen molar-refractivity contribution in [1.82, 2.24) is 24.5 Å². The second kappa shape index (κ2) is 6.82. The van der Waals surface area contributed by atoms with E-state index in [-0.39, 0.29) is 5.78 Å². The molecule has 7 nitrogen and oxygen atoms in total. The van der Waals surface area contributed by atoms with Crippen LogP contribution in [0.5, 0.6) is 0 Å². The quantitative estimate of drug-likeness (QED) is 0.539. The van der Waals surface area contributed by atoms with Crippen molar-refractivity contribution in [2.24, 2.45) is 0 Å². The number of hydrogen-bond acceptors (Lipinski definition) is 8. The SMILES string of the molecule is CC(=O)CCn1c(Sc2nc3cccc(Cl)c3s2)nc2c(N)ncnc21. The van der Waals surface area contributed by atoms with Crippen LogP contribution < -0.4 is 5.73 Å². The topological polar surface area (TPSA) is 99.6 Å². The molecule has 10 heteroatoms. The van der Waals surface area contributed by atoms with Crippen LogP contribution in [0.4, 0.5) is 5.82 Å². The summed E-state index contributed by atoms with van der Waals surface area (Å²) in [7, 11) is 0. The van der Waals surface area contributed by atoms with Crippen LogP contribution in [0.15, 0.2) is 34.0 Å². The molecule has 4 aromatic rings. The van der Waals surface area contributed by atoms with Crippen LogP contribution in [-0.4, -0.2) is 30.3 Å². The van der Waals surface area contributed by atoms with Gasteiger partial charge in [-0.25, -0.2) is 19.9 Å². The Kier molecular flexibility index (Phi) is 4.51. The molecular formula is C16H13ClN6OS2. The van der Waals surface area contributed by atoms with Crippen molar-refractivity contribution in [2.45, 2.75) is 29.4 Å². The number of thiazole rings is 1. The molecule has 0 aliphatic carbocycles. The second-order valence-corrected chi connectivity index (χ2v) is 8.22. The Morgan fingerprint density at radius 3 is 2.96 bits per heavy atom. The van der Waals surface area contributed by atoms with Crippen LogP contribution >= 0.6 is 34.7 Å². The summed E-state index contributed by atoms with van der Waals surface area (Å²) in [4.78, 5) is 28.9. The van der Waals surface area contributed by atoms with E-state index in [0.29, 0.717) is 40.1 Å². The largest absolute Gasteiger partial charge is 0.382 e. The van der Waals surface area contributed by atoms with E-state index in [9.17, 15) is 4.79 Å². The Balaban J connectivity index is 1.78. The number of imidazole rings is 1. The summed E-state index contributed by atoms with van der Waals surface area (Å²) in [6.45, 7) is 2.03. The maximum atomic E-state index is 11.4. The highest BCUT2D eigenvalue weighted by Gasteiger charge is 2.18. The van der Waals surface area contributed by atoms with Gasteiger partial charge < -0.3 is 10.3 Å². The molecule has 26 heavy (non-hydrogen) atoms. The van der Waals surface area contributed by atoms with Gasteiger partial charge in [0.2, 0.25) is 0 Å². The number of carbonyl (C=O) groups is 1. The lowest BCUT2D eigenvalue weighted by molar-refractivity contribution is -0.117. The van der Waals surface area contributed by atoms with E-state index in [1.54, 1.807) is 6.92 Å². The van der Waals surface area contributed by atoms with Crippen LogP contribution in [0.2, 0.25) is 5.02 Å². The first kappa shape index (κ1) is 17.2. The number of anilines is 1. The number of nitrogen functional groups attached to an aromatic ring is 1. The number of nitrogens with zero attached hydrogens (tertiary/aromatic N) is 5. The lowest BCUT2D eigenvalue weighted by Gasteiger charge is -2.05. The van der Waals surface area contributed by atoms with Crippen molar-refractivity contribution in [2.75, 3.05) is 5.73 Å². The summed E-state index contributed by atoms with van der Waals surface area (Å²) in [5, 5.41) is 1.34. The Bertz CT molecular complexity index is 1140. The fraction of sp³-hybridized carbons (Fsp3) is 0.188. The predicted octanol–water partition coefficient (Wildman–Crippen LogP) is 3.80. The van der Waals surface area contributed by atoms with Crippen molar-refractivity contribution in [3.05, 3.63) is 29.5 Å². The smallest absolute Gasteiger partial charge is 0.177 e.